The highest BCUT2D eigenvalue weighted by atomic mass is 15.3. The van der Waals surface area contributed by atoms with Crippen LogP contribution in [-0.2, 0) is 0 Å². The number of nitrogens with two attached hydrogens (primary N) is 1. The summed E-state index contributed by atoms with van der Waals surface area (Å²) in [4.78, 5) is 0. The van der Waals surface area contributed by atoms with Crippen molar-refractivity contribution >= 4 is 0 Å². The zero-order valence-electron chi connectivity index (χ0n) is 9.90. The molecule has 1 atom stereocenters. The standard InChI is InChI=1S/C12H21N3/c1-8(2)15-12(10-4-5-10)11(7-14-15)9(3)6-13/h7-10H,4-6,13H2,1-3H3. The average Bonchev–Trinajstić information content (AvgIpc) is 2.95. The Kier molecular flexibility index (Phi) is 2.83. The van der Waals surface area contributed by atoms with Gasteiger partial charge in [0.05, 0.1) is 6.20 Å². The van der Waals surface area contributed by atoms with Crippen molar-refractivity contribution in [3.63, 3.8) is 0 Å². The lowest BCUT2D eigenvalue weighted by molar-refractivity contribution is 0.507. The van der Waals surface area contributed by atoms with Gasteiger partial charge in [-0.05, 0) is 44.7 Å². The summed E-state index contributed by atoms with van der Waals surface area (Å²) in [6.07, 6.45) is 4.66. The molecule has 1 aliphatic rings. The molecule has 0 amide bonds. The molecular formula is C12H21N3. The van der Waals surface area contributed by atoms with E-state index in [9.17, 15) is 0 Å². The van der Waals surface area contributed by atoms with Crippen LogP contribution >= 0.6 is 0 Å². The number of hydrogen-bond acceptors (Lipinski definition) is 2. The Bertz CT molecular complexity index is 337. The lowest BCUT2D eigenvalue weighted by atomic mass is 10.00. The summed E-state index contributed by atoms with van der Waals surface area (Å²) in [6, 6.07) is 0.458. The van der Waals surface area contributed by atoms with Gasteiger partial charge in [0.25, 0.3) is 0 Å². The fourth-order valence-electron chi connectivity index (χ4n) is 2.08. The van der Waals surface area contributed by atoms with Gasteiger partial charge in [-0.3, -0.25) is 4.68 Å². The molecule has 1 fully saturated rings. The van der Waals surface area contributed by atoms with Crippen molar-refractivity contribution in [3.05, 3.63) is 17.5 Å². The molecule has 15 heavy (non-hydrogen) atoms. The van der Waals surface area contributed by atoms with Crippen molar-refractivity contribution in [2.75, 3.05) is 6.54 Å². The molecule has 1 aromatic rings. The molecule has 3 heteroatoms. The number of nitrogens with zero attached hydrogens (tertiary/aromatic N) is 2. The van der Waals surface area contributed by atoms with Gasteiger partial charge in [0.1, 0.15) is 0 Å². The molecular weight excluding hydrogens is 186 g/mol. The highest BCUT2D eigenvalue weighted by Gasteiger charge is 2.31. The Morgan fingerprint density at radius 2 is 2.13 bits per heavy atom. The maximum atomic E-state index is 5.74. The van der Waals surface area contributed by atoms with Crippen molar-refractivity contribution in [3.8, 4) is 0 Å². The van der Waals surface area contributed by atoms with Crippen LogP contribution in [0.4, 0.5) is 0 Å². The molecule has 0 bridgehead atoms. The van der Waals surface area contributed by atoms with E-state index < -0.39 is 0 Å². The Labute approximate surface area is 91.7 Å². The predicted octanol–water partition coefficient (Wildman–Crippen LogP) is 2.40. The maximum absolute atomic E-state index is 5.74. The van der Waals surface area contributed by atoms with Crippen molar-refractivity contribution in [1.82, 2.24) is 9.78 Å². The lowest BCUT2D eigenvalue weighted by Crippen LogP contribution is -2.12. The van der Waals surface area contributed by atoms with Gasteiger partial charge in [-0.25, -0.2) is 0 Å². The molecule has 1 aromatic heterocycles. The van der Waals surface area contributed by atoms with Gasteiger partial charge >= 0.3 is 0 Å². The molecule has 0 aromatic carbocycles. The molecule has 0 aliphatic heterocycles. The van der Waals surface area contributed by atoms with E-state index in [1.54, 1.807) is 0 Å². The van der Waals surface area contributed by atoms with Crippen molar-refractivity contribution in [1.29, 1.82) is 0 Å². The molecule has 0 saturated heterocycles. The normalized spacial score (nSPS) is 18.5. The molecule has 1 unspecified atom stereocenters. The molecule has 1 saturated carbocycles. The highest BCUT2D eigenvalue weighted by Crippen LogP contribution is 2.43. The van der Waals surface area contributed by atoms with Gasteiger partial charge in [0, 0.05) is 17.7 Å². The van der Waals surface area contributed by atoms with E-state index in [0.29, 0.717) is 18.5 Å². The third kappa shape index (κ3) is 1.93. The van der Waals surface area contributed by atoms with Crippen LogP contribution in [0, 0.1) is 0 Å². The lowest BCUT2D eigenvalue weighted by Gasteiger charge is -2.14. The van der Waals surface area contributed by atoms with E-state index >= 15 is 0 Å². The summed E-state index contributed by atoms with van der Waals surface area (Å²) < 4.78 is 2.18. The summed E-state index contributed by atoms with van der Waals surface area (Å²) >= 11 is 0. The van der Waals surface area contributed by atoms with E-state index in [-0.39, 0.29) is 0 Å². The van der Waals surface area contributed by atoms with Crippen LogP contribution in [0.5, 0.6) is 0 Å². The van der Waals surface area contributed by atoms with Crippen molar-refractivity contribution in [2.24, 2.45) is 5.73 Å². The van der Waals surface area contributed by atoms with Crippen LogP contribution in [-0.4, -0.2) is 16.3 Å². The summed E-state index contributed by atoms with van der Waals surface area (Å²) in [5, 5.41) is 4.51. The smallest absolute Gasteiger partial charge is 0.0528 e. The maximum Gasteiger partial charge on any atom is 0.0528 e. The minimum atomic E-state index is 0.438. The Morgan fingerprint density at radius 3 is 2.60 bits per heavy atom. The quantitative estimate of drug-likeness (QED) is 0.824. The van der Waals surface area contributed by atoms with Gasteiger partial charge in [0.15, 0.2) is 0 Å². The molecule has 1 heterocycles. The first kappa shape index (κ1) is 10.7. The van der Waals surface area contributed by atoms with Crippen LogP contribution in [0.3, 0.4) is 0 Å². The third-order valence-corrected chi connectivity index (χ3v) is 3.20. The molecule has 84 valence electrons. The summed E-state index contributed by atoms with van der Waals surface area (Å²) in [5.41, 5.74) is 8.56. The first-order valence-corrected chi connectivity index (χ1v) is 5.92. The fraction of sp³-hybridized carbons (Fsp3) is 0.750. The van der Waals surface area contributed by atoms with E-state index in [1.807, 2.05) is 6.20 Å². The summed E-state index contributed by atoms with van der Waals surface area (Å²) in [7, 11) is 0. The fourth-order valence-corrected chi connectivity index (χ4v) is 2.08. The first-order valence-electron chi connectivity index (χ1n) is 5.92. The largest absolute Gasteiger partial charge is 0.330 e. The van der Waals surface area contributed by atoms with Crippen LogP contribution in [0.15, 0.2) is 6.20 Å². The van der Waals surface area contributed by atoms with Gasteiger partial charge in [0.2, 0.25) is 0 Å². The SMILES string of the molecule is CC(CN)c1cnn(C(C)C)c1C1CC1. The van der Waals surface area contributed by atoms with Crippen LogP contribution < -0.4 is 5.73 Å². The van der Waals surface area contributed by atoms with Gasteiger partial charge in [-0.2, -0.15) is 5.10 Å². The van der Waals surface area contributed by atoms with E-state index in [2.05, 4.69) is 30.6 Å². The van der Waals surface area contributed by atoms with Crippen molar-refractivity contribution in [2.45, 2.75) is 51.5 Å². The zero-order valence-corrected chi connectivity index (χ0v) is 9.90. The van der Waals surface area contributed by atoms with Gasteiger partial charge in [-0.1, -0.05) is 6.92 Å². The molecule has 0 radical (unpaired) electrons. The molecule has 3 nitrogen and oxygen atoms in total. The third-order valence-electron chi connectivity index (χ3n) is 3.20. The second-order valence-corrected chi connectivity index (χ2v) is 4.93. The number of hydrogen-bond donors (Lipinski definition) is 1. The predicted molar refractivity (Wildman–Crippen MR) is 62.1 cm³/mol. The molecule has 0 spiro atoms. The van der Waals surface area contributed by atoms with E-state index in [0.717, 1.165) is 5.92 Å². The second-order valence-electron chi connectivity index (χ2n) is 4.93. The van der Waals surface area contributed by atoms with Crippen molar-refractivity contribution < 1.29 is 0 Å². The van der Waals surface area contributed by atoms with Crippen LogP contribution in [0.2, 0.25) is 0 Å². The molecule has 2 N–H and O–H groups in total. The van der Waals surface area contributed by atoms with Crippen LogP contribution in [0.25, 0.3) is 0 Å². The Hall–Kier alpha value is -0.830. The monoisotopic (exact) mass is 207 g/mol. The number of aromatic nitrogens is 2. The first-order chi connectivity index (χ1) is 7.15. The minimum absolute atomic E-state index is 0.438. The average molecular weight is 207 g/mol. The van der Waals surface area contributed by atoms with E-state index in [4.69, 9.17) is 5.73 Å². The van der Waals surface area contributed by atoms with Gasteiger partial charge < -0.3 is 5.73 Å². The number of rotatable bonds is 4. The Balaban J connectivity index is 2.37. The second kappa shape index (κ2) is 3.97. The molecule has 1 aliphatic carbocycles. The zero-order chi connectivity index (χ0) is 11.0. The topological polar surface area (TPSA) is 43.8 Å². The van der Waals surface area contributed by atoms with Gasteiger partial charge in [-0.15, -0.1) is 0 Å². The Morgan fingerprint density at radius 1 is 1.47 bits per heavy atom. The summed E-state index contributed by atoms with van der Waals surface area (Å²) in [5.74, 6) is 1.19. The highest BCUT2D eigenvalue weighted by molar-refractivity contribution is 5.29. The molecule has 2 rings (SSSR count). The van der Waals surface area contributed by atoms with Crippen LogP contribution in [0.1, 0.15) is 62.7 Å². The minimum Gasteiger partial charge on any atom is -0.330 e. The van der Waals surface area contributed by atoms with E-state index in [1.165, 1.54) is 24.1 Å². The summed E-state index contributed by atoms with van der Waals surface area (Å²) in [6.45, 7) is 7.28.